The van der Waals surface area contributed by atoms with E-state index in [9.17, 15) is 14.4 Å². The number of carbonyl (C=O) groups excluding carboxylic acids is 3. The van der Waals surface area contributed by atoms with Crippen LogP contribution in [0.15, 0.2) is 0 Å². The van der Waals surface area contributed by atoms with Crippen molar-refractivity contribution in [3.05, 3.63) is 0 Å². The summed E-state index contributed by atoms with van der Waals surface area (Å²) >= 11 is 0. The maximum Gasteiger partial charge on any atom is 0.225 e. The Morgan fingerprint density at radius 2 is 1.81 bits per heavy atom. The second kappa shape index (κ2) is 6.91. The van der Waals surface area contributed by atoms with E-state index in [0.29, 0.717) is 19.6 Å². The molecule has 1 atom stereocenters. The Labute approximate surface area is 126 Å². The standard InChI is InChI=1S/C15H27N3O3/c1-10(2)13(20)16-6-7-17-14(21)11-8-12(19)18(9-11)15(3,4)5/h10-11H,6-9H2,1-5H3,(H,16,20)(H,17,21). The highest BCUT2D eigenvalue weighted by Gasteiger charge is 2.39. The highest BCUT2D eigenvalue weighted by atomic mass is 16.2. The van der Waals surface area contributed by atoms with Crippen LogP contribution in [-0.4, -0.2) is 47.8 Å². The molecule has 0 aromatic carbocycles. The molecule has 1 rings (SSSR count). The first-order chi connectivity index (χ1) is 9.62. The third-order valence-electron chi connectivity index (χ3n) is 3.55. The molecule has 3 amide bonds. The molecule has 2 N–H and O–H groups in total. The van der Waals surface area contributed by atoms with Crippen molar-refractivity contribution in [1.29, 1.82) is 0 Å². The van der Waals surface area contributed by atoms with Gasteiger partial charge in [0, 0.05) is 37.5 Å². The SMILES string of the molecule is CC(C)C(=O)NCCNC(=O)C1CC(=O)N(C(C)(C)C)C1. The summed E-state index contributed by atoms with van der Waals surface area (Å²) in [4.78, 5) is 37.1. The summed E-state index contributed by atoms with van der Waals surface area (Å²) in [7, 11) is 0. The third-order valence-corrected chi connectivity index (χ3v) is 3.55. The van der Waals surface area contributed by atoms with E-state index in [4.69, 9.17) is 0 Å². The zero-order chi connectivity index (χ0) is 16.2. The smallest absolute Gasteiger partial charge is 0.225 e. The lowest BCUT2D eigenvalue weighted by Gasteiger charge is -2.31. The molecule has 0 bridgehead atoms. The van der Waals surface area contributed by atoms with Gasteiger partial charge in [-0.3, -0.25) is 14.4 Å². The Balaban J connectivity index is 2.34. The first-order valence-electron chi connectivity index (χ1n) is 7.49. The average Bonchev–Trinajstić information content (AvgIpc) is 2.76. The van der Waals surface area contributed by atoms with Gasteiger partial charge in [-0.25, -0.2) is 0 Å². The zero-order valence-electron chi connectivity index (χ0n) is 13.7. The van der Waals surface area contributed by atoms with Gasteiger partial charge >= 0.3 is 0 Å². The molecule has 1 aliphatic heterocycles. The molecule has 1 saturated heterocycles. The normalized spacial score (nSPS) is 19.0. The Kier molecular flexibility index (Phi) is 5.75. The van der Waals surface area contributed by atoms with Gasteiger partial charge in [-0.05, 0) is 20.8 Å². The van der Waals surface area contributed by atoms with E-state index >= 15 is 0 Å². The van der Waals surface area contributed by atoms with Crippen LogP contribution in [0.5, 0.6) is 0 Å². The van der Waals surface area contributed by atoms with Crippen molar-refractivity contribution < 1.29 is 14.4 Å². The van der Waals surface area contributed by atoms with Crippen molar-refractivity contribution in [2.75, 3.05) is 19.6 Å². The molecule has 0 aromatic heterocycles. The van der Waals surface area contributed by atoms with Gasteiger partial charge in [0.2, 0.25) is 17.7 Å². The predicted molar refractivity (Wildman–Crippen MR) is 80.4 cm³/mol. The monoisotopic (exact) mass is 297 g/mol. The van der Waals surface area contributed by atoms with E-state index in [0.717, 1.165) is 0 Å². The largest absolute Gasteiger partial charge is 0.354 e. The molecule has 21 heavy (non-hydrogen) atoms. The van der Waals surface area contributed by atoms with Crippen LogP contribution in [-0.2, 0) is 14.4 Å². The summed E-state index contributed by atoms with van der Waals surface area (Å²) in [6.07, 6.45) is 0.265. The molecular formula is C15H27N3O3. The Morgan fingerprint density at radius 1 is 1.24 bits per heavy atom. The minimum atomic E-state index is -0.294. The van der Waals surface area contributed by atoms with E-state index < -0.39 is 0 Å². The minimum absolute atomic E-state index is 0.0239. The summed E-state index contributed by atoms with van der Waals surface area (Å²) in [5, 5.41) is 5.52. The number of amides is 3. The van der Waals surface area contributed by atoms with Crippen LogP contribution in [0.1, 0.15) is 41.0 Å². The van der Waals surface area contributed by atoms with Gasteiger partial charge in [0.15, 0.2) is 0 Å². The molecule has 6 heteroatoms. The van der Waals surface area contributed by atoms with Crippen molar-refractivity contribution in [1.82, 2.24) is 15.5 Å². The third kappa shape index (κ3) is 5.02. The molecule has 1 aliphatic rings. The lowest BCUT2D eigenvalue weighted by molar-refractivity contribution is -0.132. The van der Waals surface area contributed by atoms with Gasteiger partial charge in [0.1, 0.15) is 0 Å². The summed E-state index contributed by atoms with van der Waals surface area (Å²) in [5.41, 5.74) is -0.253. The van der Waals surface area contributed by atoms with Gasteiger partial charge in [-0.1, -0.05) is 13.8 Å². The van der Waals surface area contributed by atoms with Crippen LogP contribution >= 0.6 is 0 Å². The fraction of sp³-hybridized carbons (Fsp3) is 0.800. The lowest BCUT2D eigenvalue weighted by Crippen LogP contribution is -2.43. The Hall–Kier alpha value is -1.59. The van der Waals surface area contributed by atoms with Crippen LogP contribution in [0.2, 0.25) is 0 Å². The molecule has 1 heterocycles. The maximum absolute atomic E-state index is 12.0. The van der Waals surface area contributed by atoms with E-state index in [-0.39, 0.29) is 41.5 Å². The number of hydrogen-bond donors (Lipinski definition) is 2. The number of nitrogens with one attached hydrogen (secondary N) is 2. The molecule has 6 nitrogen and oxygen atoms in total. The average molecular weight is 297 g/mol. The van der Waals surface area contributed by atoms with E-state index in [1.807, 2.05) is 34.6 Å². The van der Waals surface area contributed by atoms with Crippen LogP contribution in [0.25, 0.3) is 0 Å². The van der Waals surface area contributed by atoms with E-state index in [1.54, 1.807) is 4.90 Å². The van der Waals surface area contributed by atoms with Gasteiger partial charge in [-0.2, -0.15) is 0 Å². The van der Waals surface area contributed by atoms with Crippen molar-refractivity contribution in [3.8, 4) is 0 Å². The number of nitrogens with zero attached hydrogens (tertiary/aromatic N) is 1. The molecule has 0 radical (unpaired) electrons. The van der Waals surface area contributed by atoms with E-state index in [1.165, 1.54) is 0 Å². The molecule has 1 unspecified atom stereocenters. The summed E-state index contributed by atoms with van der Waals surface area (Å²) < 4.78 is 0. The van der Waals surface area contributed by atoms with Gasteiger partial charge < -0.3 is 15.5 Å². The number of carbonyl (C=O) groups is 3. The number of hydrogen-bond acceptors (Lipinski definition) is 3. The maximum atomic E-state index is 12.0. The number of rotatable bonds is 5. The van der Waals surface area contributed by atoms with E-state index in [2.05, 4.69) is 10.6 Å². The molecular weight excluding hydrogens is 270 g/mol. The highest BCUT2D eigenvalue weighted by Crippen LogP contribution is 2.25. The topological polar surface area (TPSA) is 78.5 Å². The van der Waals surface area contributed by atoms with Gasteiger partial charge in [0.25, 0.3) is 0 Å². The Bertz CT molecular complexity index is 413. The van der Waals surface area contributed by atoms with Crippen molar-refractivity contribution >= 4 is 17.7 Å². The minimum Gasteiger partial charge on any atom is -0.354 e. The molecule has 0 saturated carbocycles. The summed E-state index contributed by atoms with van der Waals surface area (Å²) in [5.74, 6) is -0.477. The van der Waals surface area contributed by atoms with Crippen molar-refractivity contribution in [2.24, 2.45) is 11.8 Å². The van der Waals surface area contributed by atoms with Crippen LogP contribution in [0.4, 0.5) is 0 Å². The van der Waals surface area contributed by atoms with Crippen molar-refractivity contribution in [3.63, 3.8) is 0 Å². The lowest BCUT2D eigenvalue weighted by atomic mass is 10.1. The first-order valence-corrected chi connectivity index (χ1v) is 7.49. The molecule has 0 aromatic rings. The first kappa shape index (κ1) is 17.5. The van der Waals surface area contributed by atoms with Gasteiger partial charge in [0.05, 0.1) is 5.92 Å². The fourth-order valence-corrected chi connectivity index (χ4v) is 2.25. The molecule has 0 aliphatic carbocycles. The van der Waals surface area contributed by atoms with Crippen LogP contribution < -0.4 is 10.6 Å². The number of likely N-dealkylation sites (tertiary alicyclic amines) is 1. The van der Waals surface area contributed by atoms with Crippen LogP contribution in [0.3, 0.4) is 0 Å². The predicted octanol–water partition coefficient (Wildman–Crippen LogP) is 0.522. The Morgan fingerprint density at radius 3 is 2.29 bits per heavy atom. The fourth-order valence-electron chi connectivity index (χ4n) is 2.25. The second-order valence-corrected chi connectivity index (χ2v) is 6.81. The summed E-state index contributed by atoms with van der Waals surface area (Å²) in [6.45, 7) is 10.8. The molecule has 120 valence electrons. The summed E-state index contributed by atoms with van der Waals surface area (Å²) in [6, 6.07) is 0. The van der Waals surface area contributed by atoms with Crippen molar-refractivity contribution in [2.45, 2.75) is 46.6 Å². The van der Waals surface area contributed by atoms with Gasteiger partial charge in [-0.15, -0.1) is 0 Å². The highest BCUT2D eigenvalue weighted by molar-refractivity contribution is 5.89. The second-order valence-electron chi connectivity index (χ2n) is 6.81. The quantitative estimate of drug-likeness (QED) is 0.726. The van der Waals surface area contributed by atoms with Crippen LogP contribution in [0, 0.1) is 11.8 Å². The molecule has 1 fully saturated rings. The molecule has 0 spiro atoms. The zero-order valence-corrected chi connectivity index (χ0v) is 13.7.